The van der Waals surface area contributed by atoms with Gasteiger partial charge in [-0.05, 0) is 54.1 Å². The lowest BCUT2D eigenvalue weighted by Crippen LogP contribution is -2.09. The number of halogens is 1. The predicted molar refractivity (Wildman–Crippen MR) is 128 cm³/mol. The van der Waals surface area contributed by atoms with Crippen LogP contribution < -0.4 is 10.3 Å². The van der Waals surface area contributed by atoms with Crippen molar-refractivity contribution in [3.05, 3.63) is 82.1 Å². The number of benzene rings is 2. The lowest BCUT2D eigenvalue weighted by molar-refractivity contribution is 0.415. The van der Waals surface area contributed by atoms with Crippen molar-refractivity contribution in [3.63, 3.8) is 0 Å². The first kappa shape index (κ1) is 20.7. The largest absolute Gasteiger partial charge is 0.497 e. The molecule has 0 fully saturated rings. The van der Waals surface area contributed by atoms with Crippen molar-refractivity contribution in [2.45, 2.75) is 10.9 Å². The Labute approximate surface area is 196 Å². The maximum absolute atomic E-state index is 12.7. The van der Waals surface area contributed by atoms with E-state index in [0.29, 0.717) is 32.0 Å². The molecule has 0 aliphatic carbocycles. The van der Waals surface area contributed by atoms with Crippen molar-refractivity contribution in [3.8, 4) is 21.9 Å². The molecule has 0 aliphatic heterocycles. The number of nitrogens with one attached hydrogen (secondary N) is 1. The van der Waals surface area contributed by atoms with E-state index in [0.717, 1.165) is 21.9 Å². The van der Waals surface area contributed by atoms with E-state index < -0.39 is 0 Å². The van der Waals surface area contributed by atoms with E-state index in [4.69, 9.17) is 16.3 Å². The van der Waals surface area contributed by atoms with Crippen molar-refractivity contribution >= 4 is 44.9 Å². The zero-order chi connectivity index (χ0) is 22.1. The minimum absolute atomic E-state index is 0.147. The van der Waals surface area contributed by atoms with Gasteiger partial charge in [-0.15, -0.1) is 21.5 Å². The molecule has 0 atom stereocenters. The third-order valence-electron chi connectivity index (χ3n) is 4.75. The molecule has 2 aromatic carbocycles. The number of methoxy groups -OCH3 is 1. The van der Waals surface area contributed by atoms with E-state index in [1.54, 1.807) is 13.4 Å². The number of hydrogen-bond donors (Lipinski definition) is 1. The maximum Gasteiger partial charge on any atom is 0.268 e. The SMILES string of the molecule is COc1ccc(-c2cc3nc(CSc4nncn4-c4cccc(Cl)c4)[nH]c(=O)c3s2)cc1. The molecule has 0 radical (unpaired) electrons. The van der Waals surface area contributed by atoms with Crippen molar-refractivity contribution in [1.29, 1.82) is 0 Å². The summed E-state index contributed by atoms with van der Waals surface area (Å²) in [5.41, 5.74) is 2.41. The maximum atomic E-state index is 12.7. The third kappa shape index (κ3) is 4.14. The highest BCUT2D eigenvalue weighted by Crippen LogP contribution is 2.32. The van der Waals surface area contributed by atoms with Gasteiger partial charge in [-0.3, -0.25) is 9.36 Å². The van der Waals surface area contributed by atoms with Gasteiger partial charge in [0, 0.05) is 9.90 Å². The first-order chi connectivity index (χ1) is 15.6. The van der Waals surface area contributed by atoms with Gasteiger partial charge in [-0.25, -0.2) is 4.98 Å². The summed E-state index contributed by atoms with van der Waals surface area (Å²) in [6, 6.07) is 17.1. The average Bonchev–Trinajstić information content (AvgIpc) is 3.45. The summed E-state index contributed by atoms with van der Waals surface area (Å²) in [5.74, 6) is 1.81. The van der Waals surface area contributed by atoms with Gasteiger partial charge in [0.15, 0.2) is 5.16 Å². The Bertz CT molecular complexity index is 1460. The number of nitrogens with zero attached hydrogens (tertiary/aromatic N) is 4. The molecule has 7 nitrogen and oxygen atoms in total. The van der Waals surface area contributed by atoms with Crippen LogP contribution in [0.15, 0.2) is 70.9 Å². The molecule has 32 heavy (non-hydrogen) atoms. The highest BCUT2D eigenvalue weighted by atomic mass is 35.5. The fourth-order valence-electron chi connectivity index (χ4n) is 3.21. The van der Waals surface area contributed by atoms with E-state index >= 15 is 0 Å². The summed E-state index contributed by atoms with van der Waals surface area (Å²) >= 11 is 8.96. The van der Waals surface area contributed by atoms with Crippen LogP contribution in [0.1, 0.15) is 5.82 Å². The lowest BCUT2D eigenvalue weighted by atomic mass is 10.2. The Kier molecular flexibility index (Phi) is 5.69. The molecule has 3 heterocycles. The number of rotatable bonds is 6. The molecule has 0 aliphatic rings. The summed E-state index contributed by atoms with van der Waals surface area (Å²) in [5, 5.41) is 9.50. The molecule has 0 saturated carbocycles. The van der Waals surface area contributed by atoms with Crippen LogP contribution in [-0.4, -0.2) is 31.8 Å². The van der Waals surface area contributed by atoms with Gasteiger partial charge in [0.2, 0.25) is 0 Å². The molecular formula is C22H16ClN5O2S2. The monoisotopic (exact) mass is 481 g/mol. The number of aromatic nitrogens is 5. The van der Waals surface area contributed by atoms with Crippen LogP contribution >= 0.6 is 34.7 Å². The molecule has 1 N–H and O–H groups in total. The van der Waals surface area contributed by atoms with Gasteiger partial charge >= 0.3 is 0 Å². The summed E-state index contributed by atoms with van der Waals surface area (Å²) in [6.45, 7) is 0. The number of ether oxygens (including phenoxy) is 1. The van der Waals surface area contributed by atoms with E-state index in [9.17, 15) is 4.79 Å². The van der Waals surface area contributed by atoms with Gasteiger partial charge in [0.1, 0.15) is 22.6 Å². The Morgan fingerprint density at radius 1 is 1.19 bits per heavy atom. The second-order valence-electron chi connectivity index (χ2n) is 6.82. The van der Waals surface area contributed by atoms with Crippen LogP contribution in [0.2, 0.25) is 5.02 Å². The van der Waals surface area contributed by atoms with Crippen molar-refractivity contribution in [1.82, 2.24) is 24.7 Å². The molecule has 0 amide bonds. The predicted octanol–water partition coefficient (Wildman–Crippen LogP) is 5.19. The second kappa shape index (κ2) is 8.78. The normalized spacial score (nSPS) is 11.2. The fraction of sp³-hybridized carbons (Fsp3) is 0.0909. The highest BCUT2D eigenvalue weighted by molar-refractivity contribution is 7.98. The molecule has 160 valence electrons. The molecule has 0 bridgehead atoms. The van der Waals surface area contributed by atoms with Crippen LogP contribution in [-0.2, 0) is 5.75 Å². The second-order valence-corrected chi connectivity index (χ2v) is 9.25. The van der Waals surface area contributed by atoms with Crippen molar-refractivity contribution < 1.29 is 4.74 Å². The first-order valence-electron chi connectivity index (χ1n) is 9.56. The zero-order valence-electron chi connectivity index (χ0n) is 16.8. The third-order valence-corrected chi connectivity index (χ3v) is 7.11. The lowest BCUT2D eigenvalue weighted by Gasteiger charge is -2.06. The van der Waals surface area contributed by atoms with E-state index in [2.05, 4.69) is 20.2 Å². The quantitative estimate of drug-likeness (QED) is 0.336. The minimum atomic E-state index is -0.147. The smallest absolute Gasteiger partial charge is 0.268 e. The Balaban J connectivity index is 1.40. The number of thiophene rings is 1. The van der Waals surface area contributed by atoms with Gasteiger partial charge < -0.3 is 9.72 Å². The van der Waals surface area contributed by atoms with Crippen LogP contribution in [0.4, 0.5) is 0 Å². The molecule has 3 aromatic heterocycles. The van der Waals surface area contributed by atoms with Crippen molar-refractivity contribution in [2.75, 3.05) is 7.11 Å². The number of thioether (sulfide) groups is 1. The van der Waals surface area contributed by atoms with Gasteiger partial charge in [0.25, 0.3) is 5.56 Å². The van der Waals surface area contributed by atoms with Crippen LogP contribution in [0, 0.1) is 0 Å². The van der Waals surface area contributed by atoms with E-state index in [-0.39, 0.29) is 5.56 Å². The fourth-order valence-corrected chi connectivity index (χ4v) is 5.19. The molecule has 0 spiro atoms. The van der Waals surface area contributed by atoms with Crippen LogP contribution in [0.5, 0.6) is 5.75 Å². The molecule has 0 saturated heterocycles. The van der Waals surface area contributed by atoms with Crippen molar-refractivity contribution in [2.24, 2.45) is 0 Å². The van der Waals surface area contributed by atoms with Crippen LogP contribution in [0.3, 0.4) is 0 Å². The Hall–Kier alpha value is -3.14. The molecule has 10 heteroatoms. The highest BCUT2D eigenvalue weighted by Gasteiger charge is 2.13. The first-order valence-corrected chi connectivity index (χ1v) is 11.7. The summed E-state index contributed by atoms with van der Waals surface area (Å²) < 4.78 is 7.66. The standard InChI is InChI=1S/C22H16ClN5O2S2/c1-30-16-7-5-13(6-8-16)18-10-17-20(32-18)21(29)26-19(25-17)11-31-22-27-24-12-28(22)15-4-2-3-14(23)9-15/h2-10,12H,11H2,1H3,(H,25,26,29). The van der Waals surface area contributed by atoms with E-state index in [1.165, 1.54) is 23.1 Å². The molecular weight excluding hydrogens is 466 g/mol. The van der Waals surface area contributed by atoms with Gasteiger partial charge in [0.05, 0.1) is 24.1 Å². The Morgan fingerprint density at radius 3 is 2.81 bits per heavy atom. The summed E-state index contributed by atoms with van der Waals surface area (Å²) in [7, 11) is 1.63. The van der Waals surface area contributed by atoms with E-state index in [1.807, 2.05) is 59.2 Å². The van der Waals surface area contributed by atoms with Gasteiger partial charge in [-0.1, -0.05) is 29.4 Å². The summed E-state index contributed by atoms with van der Waals surface area (Å²) in [4.78, 5) is 21.2. The number of fused-ring (bicyclic) bond motifs is 1. The minimum Gasteiger partial charge on any atom is -0.497 e. The molecule has 5 aromatic rings. The topological polar surface area (TPSA) is 85.7 Å². The van der Waals surface area contributed by atoms with Crippen LogP contribution in [0.25, 0.3) is 26.3 Å². The summed E-state index contributed by atoms with van der Waals surface area (Å²) in [6.07, 6.45) is 1.63. The zero-order valence-corrected chi connectivity index (χ0v) is 19.2. The Morgan fingerprint density at radius 2 is 2.03 bits per heavy atom. The molecule has 0 unspecified atom stereocenters. The number of aromatic amines is 1. The number of hydrogen-bond acceptors (Lipinski definition) is 7. The number of H-pyrrole nitrogens is 1. The average molecular weight is 482 g/mol. The van der Waals surface area contributed by atoms with Gasteiger partial charge in [-0.2, -0.15) is 0 Å². The molecule has 5 rings (SSSR count).